The molecule has 0 radical (unpaired) electrons. The molecule has 0 unspecified atom stereocenters. The summed E-state index contributed by atoms with van der Waals surface area (Å²) in [7, 11) is 0. The minimum atomic E-state index is -4.71. The topological polar surface area (TPSA) is 35.3 Å². The van der Waals surface area contributed by atoms with E-state index in [1.807, 2.05) is 12.1 Å². The van der Waals surface area contributed by atoms with Gasteiger partial charge >= 0.3 is 6.36 Å². The number of rotatable bonds is 3. The Kier molecular flexibility index (Phi) is 3.83. The zero-order valence-corrected chi connectivity index (χ0v) is 13.6. The van der Waals surface area contributed by atoms with Crippen molar-refractivity contribution in [3.63, 3.8) is 0 Å². The number of nitrogens with zero attached hydrogens (tertiary/aromatic N) is 1. The predicted octanol–water partition coefficient (Wildman–Crippen LogP) is 5.65. The first-order valence-corrected chi connectivity index (χ1v) is 8.05. The Morgan fingerprint density at radius 2 is 1.85 bits per heavy atom. The third-order valence-electron chi connectivity index (χ3n) is 4.40. The lowest BCUT2D eigenvalue weighted by atomic mass is 9.87. The number of aryl methyl sites for hydroxylation is 1. The van der Waals surface area contributed by atoms with Crippen LogP contribution in [0.25, 0.3) is 28.7 Å². The van der Waals surface area contributed by atoms with Crippen LogP contribution in [-0.2, 0) is 12.8 Å². The van der Waals surface area contributed by atoms with Crippen molar-refractivity contribution in [1.29, 1.82) is 0 Å². The highest BCUT2D eigenvalue weighted by atomic mass is 19.4. The van der Waals surface area contributed by atoms with Crippen molar-refractivity contribution in [3.8, 4) is 28.3 Å². The molecule has 0 aliphatic heterocycles. The minimum Gasteiger partial charge on any atom is -0.406 e. The molecular formula is C20H14F3NO2. The summed E-state index contributed by atoms with van der Waals surface area (Å²) in [6, 6.07) is 11.7. The highest BCUT2D eigenvalue weighted by Crippen LogP contribution is 2.39. The van der Waals surface area contributed by atoms with Gasteiger partial charge < -0.3 is 9.26 Å². The fourth-order valence-electron chi connectivity index (χ4n) is 3.23. The maximum Gasteiger partial charge on any atom is 0.573 e. The first-order valence-electron chi connectivity index (χ1n) is 8.05. The second-order valence-corrected chi connectivity index (χ2v) is 6.03. The number of hydrogen-bond acceptors (Lipinski definition) is 3. The number of aromatic nitrogens is 1. The molecule has 0 N–H and O–H groups in total. The molecule has 0 saturated carbocycles. The summed E-state index contributed by atoms with van der Waals surface area (Å²) in [6.45, 7) is 3.78. The summed E-state index contributed by atoms with van der Waals surface area (Å²) >= 11 is 0. The van der Waals surface area contributed by atoms with E-state index in [0.29, 0.717) is 11.3 Å². The standard InChI is InChI=1S/C20H14F3NO2/c1-2-12-3-9-16-14(11-12)6-10-17-18(16)24-26-19(17)13-4-7-15(8-5-13)25-20(21,22)23/h2-5,7-9,11H,1,6,10H2. The van der Waals surface area contributed by atoms with Gasteiger partial charge in [0.15, 0.2) is 5.76 Å². The summed E-state index contributed by atoms with van der Waals surface area (Å²) in [4.78, 5) is 0. The monoisotopic (exact) mass is 357 g/mol. The Labute approximate surface area is 147 Å². The van der Waals surface area contributed by atoms with E-state index in [1.165, 1.54) is 29.8 Å². The van der Waals surface area contributed by atoms with Crippen molar-refractivity contribution < 1.29 is 22.4 Å². The first-order chi connectivity index (χ1) is 12.4. The molecule has 1 aromatic heterocycles. The molecule has 0 amide bonds. The van der Waals surface area contributed by atoms with Crippen LogP contribution in [0, 0.1) is 0 Å². The Bertz CT molecular complexity index is 972. The summed E-state index contributed by atoms with van der Waals surface area (Å²) in [5, 5.41) is 4.20. The van der Waals surface area contributed by atoms with Gasteiger partial charge in [-0.2, -0.15) is 0 Å². The van der Waals surface area contributed by atoms with E-state index in [2.05, 4.69) is 22.5 Å². The smallest absolute Gasteiger partial charge is 0.406 e. The molecule has 0 spiro atoms. The SMILES string of the molecule is C=Cc1ccc2c(c1)CCc1c-2noc1-c1ccc(OC(F)(F)F)cc1. The lowest BCUT2D eigenvalue weighted by Crippen LogP contribution is -2.16. The normalized spacial score (nSPS) is 13.0. The molecular weight excluding hydrogens is 343 g/mol. The van der Waals surface area contributed by atoms with Crippen LogP contribution in [0.5, 0.6) is 5.75 Å². The molecule has 0 fully saturated rings. The molecule has 3 nitrogen and oxygen atoms in total. The third kappa shape index (κ3) is 2.98. The number of halogens is 3. The average Bonchev–Trinajstić information content (AvgIpc) is 3.05. The van der Waals surface area contributed by atoms with E-state index in [0.717, 1.165) is 35.2 Å². The van der Waals surface area contributed by atoms with E-state index in [-0.39, 0.29) is 5.75 Å². The maximum atomic E-state index is 12.3. The lowest BCUT2D eigenvalue weighted by Gasteiger charge is -2.16. The van der Waals surface area contributed by atoms with Gasteiger partial charge in [-0.15, -0.1) is 13.2 Å². The van der Waals surface area contributed by atoms with E-state index >= 15 is 0 Å². The van der Waals surface area contributed by atoms with Crippen LogP contribution in [0.2, 0.25) is 0 Å². The van der Waals surface area contributed by atoms with Crippen molar-refractivity contribution in [1.82, 2.24) is 5.16 Å². The van der Waals surface area contributed by atoms with E-state index in [1.54, 1.807) is 6.08 Å². The number of alkyl halides is 3. The molecule has 1 heterocycles. The van der Waals surface area contributed by atoms with Crippen molar-refractivity contribution in [2.75, 3.05) is 0 Å². The van der Waals surface area contributed by atoms with Gasteiger partial charge in [-0.05, 0) is 48.2 Å². The van der Waals surface area contributed by atoms with Gasteiger partial charge in [0.05, 0.1) is 0 Å². The van der Waals surface area contributed by atoms with E-state index in [9.17, 15) is 13.2 Å². The first kappa shape index (κ1) is 16.4. The minimum absolute atomic E-state index is 0.267. The van der Waals surface area contributed by atoms with Gasteiger partial charge in [0.2, 0.25) is 0 Å². The van der Waals surface area contributed by atoms with Crippen LogP contribution in [0.4, 0.5) is 13.2 Å². The Hall–Kier alpha value is -3.02. The molecule has 26 heavy (non-hydrogen) atoms. The van der Waals surface area contributed by atoms with E-state index in [4.69, 9.17) is 4.52 Å². The summed E-state index contributed by atoms with van der Waals surface area (Å²) in [5.41, 5.74) is 5.67. The molecule has 1 aliphatic carbocycles. The Morgan fingerprint density at radius 3 is 2.54 bits per heavy atom. The van der Waals surface area contributed by atoms with Crippen LogP contribution in [0.15, 0.2) is 53.6 Å². The summed E-state index contributed by atoms with van der Waals surface area (Å²) in [5.74, 6) is 0.314. The average molecular weight is 357 g/mol. The molecule has 132 valence electrons. The second kappa shape index (κ2) is 6.05. The van der Waals surface area contributed by atoms with Crippen molar-refractivity contribution in [3.05, 3.63) is 65.7 Å². The van der Waals surface area contributed by atoms with Crippen LogP contribution >= 0.6 is 0 Å². The zero-order chi connectivity index (χ0) is 18.3. The Balaban J connectivity index is 1.68. The molecule has 0 atom stereocenters. The van der Waals surface area contributed by atoms with Gasteiger partial charge in [-0.1, -0.05) is 36.0 Å². The molecule has 1 aliphatic rings. The van der Waals surface area contributed by atoms with Gasteiger partial charge in [-0.3, -0.25) is 0 Å². The van der Waals surface area contributed by atoms with Crippen LogP contribution in [0.1, 0.15) is 16.7 Å². The summed E-state index contributed by atoms with van der Waals surface area (Å²) < 4.78 is 46.3. The Morgan fingerprint density at radius 1 is 1.08 bits per heavy atom. The third-order valence-corrected chi connectivity index (χ3v) is 4.40. The van der Waals surface area contributed by atoms with Crippen LogP contribution in [0.3, 0.4) is 0 Å². The maximum absolute atomic E-state index is 12.3. The van der Waals surface area contributed by atoms with Gasteiger partial charge in [-0.25, -0.2) is 0 Å². The molecule has 2 aromatic carbocycles. The van der Waals surface area contributed by atoms with Crippen LogP contribution < -0.4 is 4.74 Å². The molecule has 0 bridgehead atoms. The number of ether oxygens (including phenoxy) is 1. The van der Waals surface area contributed by atoms with E-state index < -0.39 is 6.36 Å². The van der Waals surface area contributed by atoms with Crippen molar-refractivity contribution in [2.24, 2.45) is 0 Å². The van der Waals surface area contributed by atoms with Crippen molar-refractivity contribution in [2.45, 2.75) is 19.2 Å². The second-order valence-electron chi connectivity index (χ2n) is 6.03. The summed E-state index contributed by atoms with van der Waals surface area (Å²) in [6.07, 6.45) is -1.31. The van der Waals surface area contributed by atoms with Gasteiger partial charge in [0, 0.05) is 16.7 Å². The number of hydrogen-bond donors (Lipinski definition) is 0. The number of benzene rings is 2. The predicted molar refractivity (Wildman–Crippen MR) is 91.6 cm³/mol. The largest absolute Gasteiger partial charge is 0.573 e. The fraction of sp³-hybridized carbons (Fsp3) is 0.150. The lowest BCUT2D eigenvalue weighted by molar-refractivity contribution is -0.274. The van der Waals surface area contributed by atoms with Crippen LogP contribution in [-0.4, -0.2) is 11.5 Å². The number of fused-ring (bicyclic) bond motifs is 3. The quantitative estimate of drug-likeness (QED) is 0.608. The molecule has 3 aromatic rings. The van der Waals surface area contributed by atoms with Crippen molar-refractivity contribution >= 4 is 6.08 Å². The molecule has 6 heteroatoms. The fourth-order valence-corrected chi connectivity index (χ4v) is 3.23. The molecule has 0 saturated heterocycles. The highest BCUT2D eigenvalue weighted by Gasteiger charge is 2.31. The zero-order valence-electron chi connectivity index (χ0n) is 13.6. The molecule has 4 rings (SSSR count). The van der Waals surface area contributed by atoms with Gasteiger partial charge in [0.1, 0.15) is 11.4 Å². The van der Waals surface area contributed by atoms with Gasteiger partial charge in [0.25, 0.3) is 0 Å². The highest BCUT2D eigenvalue weighted by molar-refractivity contribution is 5.77.